The van der Waals surface area contributed by atoms with E-state index in [9.17, 15) is 9.59 Å². The molecule has 1 aliphatic heterocycles. The third-order valence-corrected chi connectivity index (χ3v) is 3.50. The quantitative estimate of drug-likeness (QED) is 0.650. The van der Waals surface area contributed by atoms with E-state index >= 15 is 0 Å². The molecule has 2 atom stereocenters. The summed E-state index contributed by atoms with van der Waals surface area (Å²) in [6.45, 7) is 6.33. The Hall–Kier alpha value is -1.10. The smallest absolute Gasteiger partial charge is 0.303 e. The van der Waals surface area contributed by atoms with Gasteiger partial charge in [0.25, 0.3) is 0 Å². The summed E-state index contributed by atoms with van der Waals surface area (Å²) in [5, 5.41) is 15.0. The van der Waals surface area contributed by atoms with Crippen molar-refractivity contribution in [1.82, 2.24) is 10.6 Å². The van der Waals surface area contributed by atoms with Crippen LogP contribution in [0.25, 0.3) is 0 Å². The van der Waals surface area contributed by atoms with E-state index in [4.69, 9.17) is 5.11 Å². The molecule has 5 nitrogen and oxygen atoms in total. The molecule has 0 bridgehead atoms. The van der Waals surface area contributed by atoms with Crippen molar-refractivity contribution in [1.29, 1.82) is 0 Å². The second-order valence-corrected chi connectivity index (χ2v) is 5.88. The molecule has 0 aliphatic carbocycles. The first-order chi connectivity index (χ1) is 8.99. The van der Waals surface area contributed by atoms with Crippen LogP contribution in [-0.2, 0) is 9.59 Å². The van der Waals surface area contributed by atoms with Crippen molar-refractivity contribution in [3.05, 3.63) is 0 Å². The number of carbonyl (C=O) groups excluding carboxylic acids is 1. The Labute approximate surface area is 115 Å². The molecule has 1 fully saturated rings. The zero-order valence-electron chi connectivity index (χ0n) is 11.9. The van der Waals surface area contributed by atoms with E-state index in [0.717, 1.165) is 32.4 Å². The molecule has 1 aliphatic rings. The van der Waals surface area contributed by atoms with Gasteiger partial charge in [-0.3, -0.25) is 9.59 Å². The summed E-state index contributed by atoms with van der Waals surface area (Å²) in [6, 6.07) is 0. The number of carbonyl (C=O) groups is 2. The topological polar surface area (TPSA) is 78.4 Å². The van der Waals surface area contributed by atoms with E-state index in [0.29, 0.717) is 12.5 Å². The maximum absolute atomic E-state index is 12.0. The van der Waals surface area contributed by atoms with Crippen molar-refractivity contribution < 1.29 is 14.7 Å². The lowest BCUT2D eigenvalue weighted by Crippen LogP contribution is -2.42. The SMILES string of the molecule is CC(C)CC(CNC(=O)[C@H]1CCCNC1)CC(=O)O. The lowest BCUT2D eigenvalue weighted by Gasteiger charge is -2.24. The van der Waals surface area contributed by atoms with Crippen LogP contribution in [0.2, 0.25) is 0 Å². The highest BCUT2D eigenvalue weighted by molar-refractivity contribution is 5.79. The highest BCUT2D eigenvalue weighted by Crippen LogP contribution is 2.15. The molecular weight excluding hydrogens is 244 g/mol. The molecule has 1 saturated heterocycles. The monoisotopic (exact) mass is 270 g/mol. The zero-order valence-corrected chi connectivity index (χ0v) is 11.9. The Morgan fingerprint density at radius 2 is 2.16 bits per heavy atom. The highest BCUT2D eigenvalue weighted by atomic mass is 16.4. The average Bonchev–Trinajstić information content (AvgIpc) is 2.35. The lowest BCUT2D eigenvalue weighted by atomic mass is 9.93. The van der Waals surface area contributed by atoms with Crippen molar-refractivity contribution in [3.63, 3.8) is 0 Å². The summed E-state index contributed by atoms with van der Waals surface area (Å²) < 4.78 is 0. The molecule has 0 saturated carbocycles. The molecule has 0 aromatic rings. The summed E-state index contributed by atoms with van der Waals surface area (Å²) in [5.74, 6) is -0.223. The molecular formula is C14H26N2O3. The predicted octanol–water partition coefficient (Wildman–Crippen LogP) is 1.24. The number of hydrogen-bond donors (Lipinski definition) is 3. The van der Waals surface area contributed by atoms with E-state index in [1.807, 2.05) is 0 Å². The average molecular weight is 270 g/mol. The molecule has 1 amide bonds. The number of hydrogen-bond acceptors (Lipinski definition) is 3. The van der Waals surface area contributed by atoms with Gasteiger partial charge in [-0.1, -0.05) is 13.8 Å². The van der Waals surface area contributed by atoms with Crippen LogP contribution >= 0.6 is 0 Å². The Bertz CT molecular complexity index is 299. The van der Waals surface area contributed by atoms with E-state index in [1.54, 1.807) is 0 Å². The van der Waals surface area contributed by atoms with Crippen LogP contribution in [-0.4, -0.2) is 36.6 Å². The van der Waals surface area contributed by atoms with Gasteiger partial charge < -0.3 is 15.7 Å². The van der Waals surface area contributed by atoms with Gasteiger partial charge in [-0.15, -0.1) is 0 Å². The van der Waals surface area contributed by atoms with Gasteiger partial charge in [0.1, 0.15) is 0 Å². The first-order valence-electron chi connectivity index (χ1n) is 7.19. The van der Waals surface area contributed by atoms with Crippen molar-refractivity contribution in [2.24, 2.45) is 17.8 Å². The van der Waals surface area contributed by atoms with Crippen molar-refractivity contribution in [2.45, 2.75) is 39.5 Å². The maximum atomic E-state index is 12.0. The minimum absolute atomic E-state index is 0.0259. The van der Waals surface area contributed by atoms with Crippen LogP contribution in [0.3, 0.4) is 0 Å². The normalized spacial score (nSPS) is 21.1. The van der Waals surface area contributed by atoms with Gasteiger partial charge in [-0.2, -0.15) is 0 Å². The summed E-state index contributed by atoms with van der Waals surface area (Å²) in [5.41, 5.74) is 0. The van der Waals surface area contributed by atoms with Crippen LogP contribution in [0.5, 0.6) is 0 Å². The third-order valence-electron chi connectivity index (χ3n) is 3.50. The number of aliphatic carboxylic acids is 1. The van der Waals surface area contributed by atoms with Crippen LogP contribution in [0.1, 0.15) is 39.5 Å². The fourth-order valence-electron chi connectivity index (χ4n) is 2.62. The van der Waals surface area contributed by atoms with Crippen molar-refractivity contribution in [3.8, 4) is 0 Å². The van der Waals surface area contributed by atoms with E-state index in [-0.39, 0.29) is 24.2 Å². The molecule has 1 unspecified atom stereocenters. The minimum atomic E-state index is -0.792. The van der Waals surface area contributed by atoms with Crippen LogP contribution in [0, 0.1) is 17.8 Å². The molecule has 3 N–H and O–H groups in total. The van der Waals surface area contributed by atoms with Gasteiger partial charge in [-0.25, -0.2) is 0 Å². The molecule has 5 heteroatoms. The molecule has 0 aromatic carbocycles. The number of carboxylic acid groups (broad SMARTS) is 1. The molecule has 0 spiro atoms. The molecule has 0 aromatic heterocycles. The minimum Gasteiger partial charge on any atom is -0.481 e. The highest BCUT2D eigenvalue weighted by Gasteiger charge is 2.22. The van der Waals surface area contributed by atoms with Crippen molar-refractivity contribution >= 4 is 11.9 Å². The summed E-state index contributed by atoms with van der Waals surface area (Å²) >= 11 is 0. The van der Waals surface area contributed by atoms with Crippen LogP contribution < -0.4 is 10.6 Å². The first kappa shape index (κ1) is 16.0. The Morgan fingerprint density at radius 1 is 1.42 bits per heavy atom. The Balaban J connectivity index is 2.36. The predicted molar refractivity (Wildman–Crippen MR) is 73.8 cm³/mol. The second kappa shape index (κ2) is 8.15. The van der Waals surface area contributed by atoms with Gasteiger partial charge in [0, 0.05) is 19.5 Å². The summed E-state index contributed by atoms with van der Waals surface area (Å²) in [7, 11) is 0. The first-order valence-corrected chi connectivity index (χ1v) is 7.19. The summed E-state index contributed by atoms with van der Waals surface area (Å²) in [4.78, 5) is 22.8. The van der Waals surface area contributed by atoms with Gasteiger partial charge in [0.05, 0.1) is 5.92 Å². The third kappa shape index (κ3) is 6.57. The Kier molecular flexibility index (Phi) is 6.84. The number of piperidine rings is 1. The zero-order chi connectivity index (χ0) is 14.3. The second-order valence-electron chi connectivity index (χ2n) is 5.88. The van der Waals surface area contributed by atoms with E-state index in [2.05, 4.69) is 24.5 Å². The van der Waals surface area contributed by atoms with Gasteiger partial charge in [0.15, 0.2) is 0 Å². The fraction of sp³-hybridized carbons (Fsp3) is 0.857. The maximum Gasteiger partial charge on any atom is 0.303 e. The molecule has 19 heavy (non-hydrogen) atoms. The molecule has 1 rings (SSSR count). The van der Waals surface area contributed by atoms with Crippen molar-refractivity contribution in [2.75, 3.05) is 19.6 Å². The lowest BCUT2D eigenvalue weighted by molar-refractivity contribution is -0.138. The standard InChI is InChI=1S/C14H26N2O3/c1-10(2)6-11(7-13(17)18)8-16-14(19)12-4-3-5-15-9-12/h10-12,15H,3-9H2,1-2H3,(H,16,19)(H,17,18)/t11?,12-/m0/s1. The van der Waals surface area contributed by atoms with Gasteiger partial charge >= 0.3 is 5.97 Å². The number of nitrogens with one attached hydrogen (secondary N) is 2. The molecule has 1 heterocycles. The largest absolute Gasteiger partial charge is 0.481 e. The van der Waals surface area contributed by atoms with Gasteiger partial charge in [0.2, 0.25) is 5.91 Å². The van der Waals surface area contributed by atoms with E-state index in [1.165, 1.54) is 0 Å². The number of carboxylic acids is 1. The fourth-order valence-corrected chi connectivity index (χ4v) is 2.62. The van der Waals surface area contributed by atoms with Crippen LogP contribution in [0.15, 0.2) is 0 Å². The molecule has 0 radical (unpaired) electrons. The number of rotatable bonds is 7. The number of amides is 1. The summed E-state index contributed by atoms with van der Waals surface area (Å²) in [6.07, 6.45) is 2.91. The van der Waals surface area contributed by atoms with Gasteiger partial charge in [-0.05, 0) is 37.6 Å². The van der Waals surface area contributed by atoms with Crippen LogP contribution in [0.4, 0.5) is 0 Å². The Morgan fingerprint density at radius 3 is 2.68 bits per heavy atom. The van der Waals surface area contributed by atoms with E-state index < -0.39 is 5.97 Å². The molecule has 110 valence electrons.